The van der Waals surface area contributed by atoms with Gasteiger partial charge in [0.05, 0.1) is 0 Å². The lowest BCUT2D eigenvalue weighted by molar-refractivity contribution is 0.0609. The molecule has 0 amide bonds. The van der Waals surface area contributed by atoms with Crippen LogP contribution in [0.2, 0.25) is 0 Å². The molecule has 110 valence electrons. The summed E-state index contributed by atoms with van der Waals surface area (Å²) in [6.45, 7) is 3.30. The van der Waals surface area contributed by atoms with Crippen LogP contribution in [0.5, 0.6) is 0 Å². The molecular weight excluding hydrogens is 264 g/mol. The lowest BCUT2D eigenvalue weighted by atomic mass is 9.73. The largest absolute Gasteiger partial charge is 0.329 e. The van der Waals surface area contributed by atoms with E-state index in [-0.39, 0.29) is 0 Å². The van der Waals surface area contributed by atoms with E-state index in [1.54, 1.807) is 0 Å². The maximum Gasteiger partial charge on any atom is 0.0332 e. The van der Waals surface area contributed by atoms with Crippen molar-refractivity contribution in [1.82, 2.24) is 4.90 Å². The van der Waals surface area contributed by atoms with Gasteiger partial charge in [-0.25, -0.2) is 0 Å². The number of nitrogens with two attached hydrogens (primary N) is 1. The van der Waals surface area contributed by atoms with E-state index < -0.39 is 0 Å². The Labute approximate surface area is 127 Å². The van der Waals surface area contributed by atoms with Gasteiger partial charge in [0, 0.05) is 36.7 Å². The molecule has 20 heavy (non-hydrogen) atoms. The van der Waals surface area contributed by atoms with E-state index in [0.29, 0.717) is 5.54 Å². The molecular formula is C17H26N2S. The molecule has 3 heteroatoms. The first-order valence-electron chi connectivity index (χ1n) is 7.92. The van der Waals surface area contributed by atoms with Crippen LogP contribution in [-0.4, -0.2) is 41.6 Å². The predicted octanol–water partition coefficient (Wildman–Crippen LogP) is 3.09. The van der Waals surface area contributed by atoms with Crippen LogP contribution in [0.4, 0.5) is 0 Å². The molecule has 0 radical (unpaired) electrons. The van der Waals surface area contributed by atoms with Crippen LogP contribution in [-0.2, 0) is 0 Å². The molecule has 1 heterocycles. The van der Waals surface area contributed by atoms with Crippen molar-refractivity contribution in [2.24, 2.45) is 5.73 Å². The van der Waals surface area contributed by atoms with Crippen LogP contribution in [0.25, 0.3) is 0 Å². The lowest BCUT2D eigenvalue weighted by Gasteiger charge is -2.49. The van der Waals surface area contributed by atoms with Crippen molar-refractivity contribution in [2.45, 2.75) is 37.1 Å². The van der Waals surface area contributed by atoms with Gasteiger partial charge in [-0.1, -0.05) is 30.3 Å². The van der Waals surface area contributed by atoms with Crippen molar-refractivity contribution >= 4 is 11.8 Å². The van der Waals surface area contributed by atoms with Gasteiger partial charge in [-0.3, -0.25) is 4.90 Å². The quantitative estimate of drug-likeness (QED) is 0.927. The molecule has 1 aromatic carbocycles. The van der Waals surface area contributed by atoms with Crippen molar-refractivity contribution in [3.8, 4) is 0 Å². The van der Waals surface area contributed by atoms with Gasteiger partial charge in [0.1, 0.15) is 0 Å². The molecule has 0 unspecified atom stereocenters. The van der Waals surface area contributed by atoms with Gasteiger partial charge in [0.15, 0.2) is 0 Å². The third-order valence-corrected chi connectivity index (χ3v) is 6.19. The lowest BCUT2D eigenvalue weighted by Crippen LogP contribution is -2.57. The molecule has 0 aromatic heterocycles. The minimum atomic E-state index is 0.298. The third-order valence-electron chi connectivity index (χ3n) is 5.25. The van der Waals surface area contributed by atoms with Crippen LogP contribution in [0, 0.1) is 0 Å². The number of rotatable bonds is 3. The third kappa shape index (κ3) is 2.90. The normalized spacial score (nSPS) is 32.1. The predicted molar refractivity (Wildman–Crippen MR) is 88.3 cm³/mol. The van der Waals surface area contributed by atoms with Gasteiger partial charge in [-0.05, 0) is 37.2 Å². The summed E-state index contributed by atoms with van der Waals surface area (Å²) in [4.78, 5) is 2.70. The van der Waals surface area contributed by atoms with E-state index >= 15 is 0 Å². The molecule has 1 aliphatic carbocycles. The fraction of sp³-hybridized carbons (Fsp3) is 0.647. The highest BCUT2D eigenvalue weighted by Crippen LogP contribution is 2.41. The molecule has 0 spiro atoms. The van der Waals surface area contributed by atoms with Crippen molar-refractivity contribution < 1.29 is 0 Å². The smallest absolute Gasteiger partial charge is 0.0332 e. The topological polar surface area (TPSA) is 29.3 Å². The fourth-order valence-electron chi connectivity index (χ4n) is 3.90. The van der Waals surface area contributed by atoms with Gasteiger partial charge in [0.2, 0.25) is 0 Å². The summed E-state index contributed by atoms with van der Waals surface area (Å²) in [5, 5.41) is 0. The summed E-state index contributed by atoms with van der Waals surface area (Å²) in [6.07, 6.45) is 5.14. The van der Waals surface area contributed by atoms with Gasteiger partial charge in [-0.2, -0.15) is 11.8 Å². The Balaban J connectivity index is 1.66. The number of thioether (sulfide) groups is 1. The zero-order chi connectivity index (χ0) is 13.8. The number of benzene rings is 1. The summed E-state index contributed by atoms with van der Waals surface area (Å²) >= 11 is 2.09. The SMILES string of the molecule is NCC1(N2CCSCC2)CCC(c2ccccc2)CC1. The van der Waals surface area contributed by atoms with Crippen LogP contribution in [0.15, 0.2) is 30.3 Å². The Morgan fingerprint density at radius 1 is 1.10 bits per heavy atom. The Morgan fingerprint density at radius 3 is 2.35 bits per heavy atom. The molecule has 1 aromatic rings. The molecule has 3 rings (SSSR count). The standard InChI is InChI=1S/C17H26N2S/c18-14-17(19-10-12-20-13-11-19)8-6-16(7-9-17)15-4-2-1-3-5-15/h1-5,16H,6-14,18H2. The first-order valence-corrected chi connectivity index (χ1v) is 9.07. The van der Waals surface area contributed by atoms with Gasteiger partial charge in [-0.15, -0.1) is 0 Å². The number of hydrogen-bond donors (Lipinski definition) is 1. The average molecular weight is 290 g/mol. The second kappa shape index (κ2) is 6.50. The van der Waals surface area contributed by atoms with E-state index in [1.807, 2.05) is 0 Å². The van der Waals surface area contributed by atoms with Crippen LogP contribution < -0.4 is 5.73 Å². The summed E-state index contributed by atoms with van der Waals surface area (Å²) in [5.74, 6) is 3.31. The highest BCUT2D eigenvalue weighted by Gasteiger charge is 2.39. The van der Waals surface area contributed by atoms with Crippen LogP contribution in [0.1, 0.15) is 37.2 Å². The Bertz CT molecular complexity index is 406. The Kier molecular flexibility index (Phi) is 4.69. The summed E-state index contributed by atoms with van der Waals surface area (Å²) in [6, 6.07) is 11.0. The molecule has 2 N–H and O–H groups in total. The molecule has 0 atom stereocenters. The van der Waals surface area contributed by atoms with Gasteiger partial charge < -0.3 is 5.73 Å². The van der Waals surface area contributed by atoms with Gasteiger partial charge in [0.25, 0.3) is 0 Å². The summed E-state index contributed by atoms with van der Waals surface area (Å²) in [5.41, 5.74) is 8.02. The molecule has 1 aliphatic heterocycles. The Hall–Kier alpha value is -0.510. The minimum absolute atomic E-state index is 0.298. The second-order valence-corrected chi connectivity index (χ2v) is 7.44. The molecule has 2 aliphatic rings. The van der Waals surface area contributed by atoms with Crippen molar-refractivity contribution in [3.05, 3.63) is 35.9 Å². The van der Waals surface area contributed by atoms with Crippen molar-refractivity contribution in [3.63, 3.8) is 0 Å². The summed E-state index contributed by atoms with van der Waals surface area (Å²) in [7, 11) is 0. The summed E-state index contributed by atoms with van der Waals surface area (Å²) < 4.78 is 0. The molecule has 2 nitrogen and oxygen atoms in total. The Morgan fingerprint density at radius 2 is 1.75 bits per heavy atom. The highest BCUT2D eigenvalue weighted by atomic mass is 32.2. The van der Waals surface area contributed by atoms with Crippen molar-refractivity contribution in [2.75, 3.05) is 31.1 Å². The van der Waals surface area contributed by atoms with Crippen LogP contribution in [0.3, 0.4) is 0 Å². The first kappa shape index (κ1) is 14.4. The molecule has 0 bridgehead atoms. The maximum absolute atomic E-state index is 6.20. The fourth-order valence-corrected chi connectivity index (χ4v) is 4.80. The average Bonchev–Trinajstić information content (AvgIpc) is 2.56. The van der Waals surface area contributed by atoms with Crippen molar-refractivity contribution in [1.29, 1.82) is 0 Å². The number of nitrogens with zero attached hydrogens (tertiary/aromatic N) is 1. The maximum atomic E-state index is 6.20. The zero-order valence-electron chi connectivity index (χ0n) is 12.3. The zero-order valence-corrected chi connectivity index (χ0v) is 13.1. The van der Waals surface area contributed by atoms with E-state index in [2.05, 4.69) is 47.0 Å². The number of hydrogen-bond acceptors (Lipinski definition) is 3. The van der Waals surface area contributed by atoms with E-state index in [4.69, 9.17) is 5.73 Å². The van der Waals surface area contributed by atoms with E-state index in [0.717, 1.165) is 12.5 Å². The minimum Gasteiger partial charge on any atom is -0.329 e. The van der Waals surface area contributed by atoms with Gasteiger partial charge >= 0.3 is 0 Å². The van der Waals surface area contributed by atoms with E-state index in [1.165, 1.54) is 55.8 Å². The first-order chi connectivity index (χ1) is 9.84. The van der Waals surface area contributed by atoms with Crippen LogP contribution >= 0.6 is 11.8 Å². The van der Waals surface area contributed by atoms with E-state index in [9.17, 15) is 0 Å². The monoisotopic (exact) mass is 290 g/mol. The molecule has 1 saturated carbocycles. The highest BCUT2D eigenvalue weighted by molar-refractivity contribution is 7.99. The molecule has 2 fully saturated rings. The second-order valence-electron chi connectivity index (χ2n) is 6.21. The molecule has 1 saturated heterocycles.